The maximum Gasteiger partial charge on any atom is 0.101 e. The zero-order chi connectivity index (χ0) is 12.1. The van der Waals surface area contributed by atoms with Crippen molar-refractivity contribution in [3.63, 3.8) is 0 Å². The smallest absolute Gasteiger partial charge is 0.101 e. The van der Waals surface area contributed by atoms with Crippen LogP contribution in [0.4, 0.5) is 11.4 Å². The summed E-state index contributed by atoms with van der Waals surface area (Å²) in [5, 5.41) is 8.89. The summed E-state index contributed by atoms with van der Waals surface area (Å²) in [5.41, 5.74) is 7.94. The van der Waals surface area contributed by atoms with Crippen molar-refractivity contribution in [2.45, 2.75) is 0 Å². The molecule has 0 saturated carbocycles. The third-order valence-corrected chi connectivity index (χ3v) is 2.50. The highest BCUT2D eigenvalue weighted by molar-refractivity contribution is 5.73. The molecule has 0 unspecified atom stereocenters. The number of likely N-dealkylation sites (N-methyl/N-ethyl adjacent to an activating group) is 2. The number of anilines is 2. The molecule has 4 heteroatoms. The van der Waals surface area contributed by atoms with E-state index in [-0.39, 0.29) is 0 Å². The van der Waals surface area contributed by atoms with E-state index in [0.717, 1.165) is 18.8 Å². The first-order chi connectivity index (χ1) is 7.56. The van der Waals surface area contributed by atoms with Crippen molar-refractivity contribution in [1.29, 1.82) is 5.26 Å². The number of nitriles is 1. The third kappa shape index (κ3) is 2.88. The number of hydrogen-bond donors (Lipinski definition) is 1. The van der Waals surface area contributed by atoms with E-state index in [2.05, 4.69) is 15.9 Å². The monoisotopic (exact) mass is 218 g/mol. The van der Waals surface area contributed by atoms with Crippen molar-refractivity contribution in [1.82, 2.24) is 4.90 Å². The Hall–Kier alpha value is -1.73. The van der Waals surface area contributed by atoms with Crippen molar-refractivity contribution < 1.29 is 0 Å². The summed E-state index contributed by atoms with van der Waals surface area (Å²) in [4.78, 5) is 4.18. The average molecular weight is 218 g/mol. The van der Waals surface area contributed by atoms with Gasteiger partial charge in [-0.2, -0.15) is 5.26 Å². The Labute approximate surface area is 96.9 Å². The van der Waals surface area contributed by atoms with Gasteiger partial charge in [0.2, 0.25) is 0 Å². The zero-order valence-electron chi connectivity index (χ0n) is 10.1. The van der Waals surface area contributed by atoms with E-state index in [1.165, 1.54) is 0 Å². The highest BCUT2D eigenvalue weighted by atomic mass is 15.2. The van der Waals surface area contributed by atoms with E-state index in [9.17, 15) is 0 Å². The minimum absolute atomic E-state index is 0.536. The Morgan fingerprint density at radius 3 is 2.50 bits per heavy atom. The van der Waals surface area contributed by atoms with Crippen LogP contribution >= 0.6 is 0 Å². The number of rotatable bonds is 4. The van der Waals surface area contributed by atoms with Crippen LogP contribution in [-0.4, -0.2) is 39.1 Å². The molecule has 86 valence electrons. The molecule has 1 aromatic carbocycles. The first-order valence-electron chi connectivity index (χ1n) is 5.20. The molecule has 4 nitrogen and oxygen atoms in total. The fraction of sp³-hybridized carbons (Fsp3) is 0.417. The fourth-order valence-electron chi connectivity index (χ4n) is 1.45. The van der Waals surface area contributed by atoms with E-state index >= 15 is 0 Å². The van der Waals surface area contributed by atoms with Crippen LogP contribution < -0.4 is 10.6 Å². The van der Waals surface area contributed by atoms with Crippen LogP contribution in [0.3, 0.4) is 0 Å². The lowest BCUT2D eigenvalue weighted by Crippen LogP contribution is -2.29. The lowest BCUT2D eigenvalue weighted by atomic mass is 10.1. The van der Waals surface area contributed by atoms with E-state index in [4.69, 9.17) is 11.0 Å². The van der Waals surface area contributed by atoms with Crippen LogP contribution in [0.25, 0.3) is 0 Å². The molecule has 0 atom stereocenters. The minimum atomic E-state index is 0.536. The highest BCUT2D eigenvalue weighted by Crippen LogP contribution is 2.24. The maximum absolute atomic E-state index is 8.89. The normalized spacial score (nSPS) is 10.2. The molecule has 0 bridgehead atoms. The van der Waals surface area contributed by atoms with Crippen molar-refractivity contribution in [2.75, 3.05) is 44.9 Å². The summed E-state index contributed by atoms with van der Waals surface area (Å²) in [5.74, 6) is 0. The van der Waals surface area contributed by atoms with Crippen LogP contribution in [0.1, 0.15) is 5.56 Å². The molecule has 2 N–H and O–H groups in total. The predicted octanol–water partition coefficient (Wildman–Crippen LogP) is 1.14. The van der Waals surface area contributed by atoms with Gasteiger partial charge >= 0.3 is 0 Å². The van der Waals surface area contributed by atoms with Crippen molar-refractivity contribution in [2.24, 2.45) is 0 Å². The van der Waals surface area contributed by atoms with Gasteiger partial charge in [0.25, 0.3) is 0 Å². The second kappa shape index (κ2) is 5.38. The molecule has 1 rings (SSSR count). The molecule has 0 radical (unpaired) electrons. The van der Waals surface area contributed by atoms with Crippen LogP contribution in [0, 0.1) is 11.3 Å². The molecule has 0 aliphatic heterocycles. The summed E-state index contributed by atoms with van der Waals surface area (Å²) in [6, 6.07) is 7.62. The number of benzene rings is 1. The van der Waals surface area contributed by atoms with Gasteiger partial charge in [-0.25, -0.2) is 0 Å². The van der Waals surface area contributed by atoms with Crippen LogP contribution in [0.15, 0.2) is 18.2 Å². The molecule has 16 heavy (non-hydrogen) atoms. The van der Waals surface area contributed by atoms with Gasteiger partial charge in [0.15, 0.2) is 0 Å². The lowest BCUT2D eigenvalue weighted by molar-refractivity contribution is 0.416. The molecule has 0 aliphatic rings. The van der Waals surface area contributed by atoms with Crippen LogP contribution in [0.2, 0.25) is 0 Å². The standard InChI is InChI=1S/C12H18N4/c1-15(2)7-8-16(3)11-6-4-5-10(9-13)12(11)14/h4-6H,7-8,14H2,1-3H3. The largest absolute Gasteiger partial charge is 0.396 e. The average Bonchev–Trinajstić information content (AvgIpc) is 2.26. The van der Waals surface area contributed by atoms with Gasteiger partial charge in [0.05, 0.1) is 16.9 Å². The van der Waals surface area contributed by atoms with Gasteiger partial charge in [0, 0.05) is 20.1 Å². The Balaban J connectivity index is 2.84. The van der Waals surface area contributed by atoms with Gasteiger partial charge in [-0.05, 0) is 26.2 Å². The molecular formula is C12H18N4. The summed E-state index contributed by atoms with van der Waals surface area (Å²) in [7, 11) is 6.04. The summed E-state index contributed by atoms with van der Waals surface area (Å²) in [6.45, 7) is 1.83. The number of hydrogen-bond acceptors (Lipinski definition) is 4. The Kier molecular flexibility index (Phi) is 4.15. The van der Waals surface area contributed by atoms with Gasteiger partial charge < -0.3 is 15.5 Å². The Morgan fingerprint density at radius 2 is 1.94 bits per heavy atom. The number of nitrogens with two attached hydrogens (primary N) is 1. The van der Waals surface area contributed by atoms with Gasteiger partial charge in [-0.3, -0.25) is 0 Å². The molecule has 0 spiro atoms. The summed E-state index contributed by atoms with van der Waals surface area (Å²) >= 11 is 0. The minimum Gasteiger partial charge on any atom is -0.396 e. The van der Waals surface area contributed by atoms with E-state index in [0.29, 0.717) is 11.3 Å². The summed E-state index contributed by atoms with van der Waals surface area (Å²) in [6.07, 6.45) is 0. The Bertz CT molecular complexity index is 392. The summed E-state index contributed by atoms with van der Waals surface area (Å²) < 4.78 is 0. The first kappa shape index (κ1) is 12.3. The van der Waals surface area contributed by atoms with E-state index in [1.807, 2.05) is 33.3 Å². The fourth-order valence-corrected chi connectivity index (χ4v) is 1.45. The molecule has 1 aromatic rings. The number of para-hydroxylation sites is 1. The van der Waals surface area contributed by atoms with E-state index in [1.54, 1.807) is 6.07 Å². The molecule has 0 fully saturated rings. The first-order valence-corrected chi connectivity index (χ1v) is 5.20. The van der Waals surface area contributed by atoms with Gasteiger partial charge in [0.1, 0.15) is 6.07 Å². The van der Waals surface area contributed by atoms with Crippen LogP contribution in [0.5, 0.6) is 0 Å². The highest BCUT2D eigenvalue weighted by Gasteiger charge is 2.08. The lowest BCUT2D eigenvalue weighted by Gasteiger charge is -2.23. The predicted molar refractivity (Wildman–Crippen MR) is 67.4 cm³/mol. The van der Waals surface area contributed by atoms with Gasteiger partial charge in [-0.1, -0.05) is 6.07 Å². The molecule has 0 saturated heterocycles. The maximum atomic E-state index is 8.89. The topological polar surface area (TPSA) is 56.3 Å². The zero-order valence-corrected chi connectivity index (χ0v) is 10.1. The molecule has 0 aromatic heterocycles. The van der Waals surface area contributed by atoms with Crippen molar-refractivity contribution in [3.8, 4) is 6.07 Å². The quantitative estimate of drug-likeness (QED) is 0.770. The molecular weight excluding hydrogens is 200 g/mol. The SMILES string of the molecule is CN(C)CCN(C)c1cccc(C#N)c1N. The second-order valence-electron chi connectivity index (χ2n) is 4.08. The van der Waals surface area contributed by atoms with E-state index < -0.39 is 0 Å². The van der Waals surface area contributed by atoms with Crippen LogP contribution in [-0.2, 0) is 0 Å². The van der Waals surface area contributed by atoms with Crippen molar-refractivity contribution in [3.05, 3.63) is 23.8 Å². The molecule has 0 heterocycles. The number of nitrogens with zero attached hydrogens (tertiary/aromatic N) is 3. The molecule has 0 amide bonds. The van der Waals surface area contributed by atoms with Crippen molar-refractivity contribution >= 4 is 11.4 Å². The molecule has 0 aliphatic carbocycles. The van der Waals surface area contributed by atoms with Gasteiger partial charge in [-0.15, -0.1) is 0 Å². The second-order valence-corrected chi connectivity index (χ2v) is 4.08. The Morgan fingerprint density at radius 1 is 1.25 bits per heavy atom. The third-order valence-electron chi connectivity index (χ3n) is 2.50. The number of nitrogen functional groups attached to an aromatic ring is 1.